The van der Waals surface area contributed by atoms with Crippen LogP contribution in [0.15, 0.2) is 6.20 Å². The van der Waals surface area contributed by atoms with Crippen LogP contribution >= 0.6 is 0 Å². The number of nitrogens with zero attached hydrogens (tertiary/aromatic N) is 2. The number of rotatable bonds is 2. The lowest BCUT2D eigenvalue weighted by atomic mass is 10.1. The summed E-state index contributed by atoms with van der Waals surface area (Å²) in [5.74, 6) is 1.53. The molecule has 15 heavy (non-hydrogen) atoms. The van der Waals surface area contributed by atoms with Gasteiger partial charge in [0.25, 0.3) is 0 Å². The minimum atomic E-state index is 0.0197. The minimum absolute atomic E-state index is 0.0197. The van der Waals surface area contributed by atoms with Crippen LogP contribution in [0.5, 0.6) is 0 Å². The molecular weight excluding hydrogens is 186 g/mol. The lowest BCUT2D eigenvalue weighted by Gasteiger charge is -2.10. The molecule has 82 valence electrons. The van der Waals surface area contributed by atoms with Gasteiger partial charge in [-0.05, 0) is 25.7 Å². The first-order valence-electron chi connectivity index (χ1n) is 5.51. The zero-order valence-electron chi connectivity index (χ0n) is 9.91. The molecule has 1 aromatic rings. The summed E-state index contributed by atoms with van der Waals surface area (Å²) in [4.78, 5) is 8.99. The summed E-state index contributed by atoms with van der Waals surface area (Å²) in [5.41, 5.74) is 8.30. The number of aryl methyl sites for hydroxylation is 1. The Kier molecular flexibility index (Phi) is 2.30. The smallest absolute Gasteiger partial charge is 0.132 e. The maximum absolute atomic E-state index is 5.83. The van der Waals surface area contributed by atoms with Gasteiger partial charge in [0.2, 0.25) is 0 Å². The standard InChI is InChI=1S/C12H19N3/c1-7(13)9-6-14-11(15-8(9)2)10-5-12(10,3)4/h6-7,10H,5,13H2,1-4H3/t7-,10?/m1/s1. The summed E-state index contributed by atoms with van der Waals surface area (Å²) in [6.45, 7) is 8.50. The van der Waals surface area contributed by atoms with Crippen molar-refractivity contribution in [2.75, 3.05) is 0 Å². The van der Waals surface area contributed by atoms with Crippen molar-refractivity contribution in [3.05, 3.63) is 23.3 Å². The van der Waals surface area contributed by atoms with Gasteiger partial charge in [-0.15, -0.1) is 0 Å². The summed E-state index contributed by atoms with van der Waals surface area (Å²) in [5, 5.41) is 0. The van der Waals surface area contributed by atoms with Crippen molar-refractivity contribution >= 4 is 0 Å². The summed E-state index contributed by atoms with van der Waals surface area (Å²) in [6.07, 6.45) is 3.08. The van der Waals surface area contributed by atoms with Crippen LogP contribution in [0.4, 0.5) is 0 Å². The van der Waals surface area contributed by atoms with Crippen LogP contribution in [-0.2, 0) is 0 Å². The molecule has 3 nitrogen and oxygen atoms in total. The van der Waals surface area contributed by atoms with Crippen LogP contribution in [-0.4, -0.2) is 9.97 Å². The molecule has 0 saturated heterocycles. The predicted octanol–water partition coefficient (Wildman–Crippen LogP) is 2.32. The Morgan fingerprint density at radius 2 is 2.13 bits per heavy atom. The van der Waals surface area contributed by atoms with E-state index in [1.165, 1.54) is 6.42 Å². The fourth-order valence-electron chi connectivity index (χ4n) is 2.02. The van der Waals surface area contributed by atoms with Crippen molar-refractivity contribution < 1.29 is 0 Å². The van der Waals surface area contributed by atoms with Crippen LogP contribution in [0.25, 0.3) is 0 Å². The molecule has 0 aliphatic heterocycles. The van der Waals surface area contributed by atoms with Crippen molar-refractivity contribution in [3.8, 4) is 0 Å². The molecule has 2 atom stereocenters. The highest BCUT2D eigenvalue weighted by atomic mass is 14.9. The molecule has 1 saturated carbocycles. The van der Waals surface area contributed by atoms with Gasteiger partial charge < -0.3 is 5.73 Å². The van der Waals surface area contributed by atoms with Crippen LogP contribution in [0, 0.1) is 12.3 Å². The molecule has 1 aliphatic rings. The molecule has 1 aromatic heterocycles. The molecule has 0 bridgehead atoms. The molecule has 0 amide bonds. The maximum atomic E-state index is 5.83. The molecule has 0 aromatic carbocycles. The molecule has 0 spiro atoms. The third-order valence-electron chi connectivity index (χ3n) is 3.35. The third kappa shape index (κ3) is 1.88. The van der Waals surface area contributed by atoms with Gasteiger partial charge in [-0.3, -0.25) is 0 Å². The quantitative estimate of drug-likeness (QED) is 0.806. The lowest BCUT2D eigenvalue weighted by molar-refractivity contribution is 0.605. The zero-order chi connectivity index (χ0) is 11.2. The van der Waals surface area contributed by atoms with Crippen molar-refractivity contribution in [2.24, 2.45) is 11.1 Å². The number of hydrogen-bond donors (Lipinski definition) is 1. The first-order chi connectivity index (χ1) is 6.92. The van der Waals surface area contributed by atoms with Gasteiger partial charge in [0, 0.05) is 29.4 Å². The third-order valence-corrected chi connectivity index (χ3v) is 3.35. The number of aromatic nitrogens is 2. The second-order valence-corrected chi connectivity index (χ2v) is 5.30. The molecule has 0 radical (unpaired) electrons. The van der Waals surface area contributed by atoms with E-state index < -0.39 is 0 Å². The monoisotopic (exact) mass is 205 g/mol. The van der Waals surface area contributed by atoms with Crippen LogP contribution in [0.1, 0.15) is 56.2 Å². The SMILES string of the molecule is Cc1nc(C2CC2(C)C)ncc1[C@@H](C)N. The average Bonchev–Trinajstić information content (AvgIpc) is 2.74. The Hall–Kier alpha value is -0.960. The second kappa shape index (κ2) is 3.27. The van der Waals surface area contributed by atoms with E-state index in [9.17, 15) is 0 Å². The van der Waals surface area contributed by atoms with Gasteiger partial charge in [0.05, 0.1) is 0 Å². The van der Waals surface area contributed by atoms with Crippen molar-refractivity contribution in [1.29, 1.82) is 0 Å². The van der Waals surface area contributed by atoms with E-state index in [4.69, 9.17) is 5.73 Å². The second-order valence-electron chi connectivity index (χ2n) is 5.30. The van der Waals surface area contributed by atoms with Crippen molar-refractivity contribution in [2.45, 2.75) is 46.1 Å². The summed E-state index contributed by atoms with van der Waals surface area (Å²) in [7, 11) is 0. The zero-order valence-corrected chi connectivity index (χ0v) is 9.91. The largest absolute Gasteiger partial charge is 0.324 e. The molecule has 1 fully saturated rings. The fraction of sp³-hybridized carbons (Fsp3) is 0.667. The lowest BCUT2D eigenvalue weighted by Crippen LogP contribution is -2.10. The highest BCUT2D eigenvalue weighted by Gasteiger charge is 2.48. The first-order valence-corrected chi connectivity index (χ1v) is 5.51. The highest BCUT2D eigenvalue weighted by molar-refractivity contribution is 5.23. The Morgan fingerprint density at radius 3 is 2.53 bits per heavy atom. The summed E-state index contributed by atoms with van der Waals surface area (Å²) < 4.78 is 0. The molecular formula is C12H19N3. The summed E-state index contributed by atoms with van der Waals surface area (Å²) in [6, 6.07) is 0.0197. The number of nitrogens with two attached hydrogens (primary N) is 1. The Balaban J connectivity index is 2.27. The van der Waals surface area contributed by atoms with Gasteiger partial charge in [-0.2, -0.15) is 0 Å². The van der Waals surface area contributed by atoms with E-state index >= 15 is 0 Å². The fourth-order valence-corrected chi connectivity index (χ4v) is 2.02. The molecule has 3 heteroatoms. The van der Waals surface area contributed by atoms with Crippen LogP contribution in [0.3, 0.4) is 0 Å². The van der Waals surface area contributed by atoms with E-state index in [0.717, 1.165) is 17.1 Å². The first kappa shape index (κ1) is 10.6. The average molecular weight is 205 g/mol. The van der Waals surface area contributed by atoms with E-state index in [1.807, 2.05) is 20.0 Å². The van der Waals surface area contributed by atoms with Crippen LogP contribution in [0.2, 0.25) is 0 Å². The van der Waals surface area contributed by atoms with E-state index in [2.05, 4.69) is 23.8 Å². The molecule has 1 heterocycles. The van der Waals surface area contributed by atoms with Gasteiger partial charge in [-0.1, -0.05) is 13.8 Å². The van der Waals surface area contributed by atoms with Gasteiger partial charge >= 0.3 is 0 Å². The summed E-state index contributed by atoms with van der Waals surface area (Å²) >= 11 is 0. The minimum Gasteiger partial charge on any atom is -0.324 e. The molecule has 1 unspecified atom stereocenters. The van der Waals surface area contributed by atoms with Gasteiger partial charge in [0.15, 0.2) is 0 Å². The molecule has 2 N–H and O–H groups in total. The van der Waals surface area contributed by atoms with E-state index in [0.29, 0.717) is 11.3 Å². The van der Waals surface area contributed by atoms with Gasteiger partial charge in [0.1, 0.15) is 5.82 Å². The Morgan fingerprint density at radius 1 is 1.53 bits per heavy atom. The Labute approximate surface area is 91.1 Å². The topological polar surface area (TPSA) is 51.8 Å². The predicted molar refractivity (Wildman–Crippen MR) is 60.5 cm³/mol. The van der Waals surface area contributed by atoms with Crippen molar-refractivity contribution in [3.63, 3.8) is 0 Å². The molecule has 2 rings (SSSR count). The van der Waals surface area contributed by atoms with Crippen LogP contribution < -0.4 is 5.73 Å². The van der Waals surface area contributed by atoms with E-state index in [-0.39, 0.29) is 6.04 Å². The maximum Gasteiger partial charge on any atom is 0.132 e. The normalized spacial score (nSPS) is 25.0. The van der Waals surface area contributed by atoms with E-state index in [1.54, 1.807) is 0 Å². The molecule has 1 aliphatic carbocycles. The van der Waals surface area contributed by atoms with Gasteiger partial charge in [-0.25, -0.2) is 9.97 Å². The van der Waals surface area contributed by atoms with Crippen molar-refractivity contribution in [1.82, 2.24) is 9.97 Å². The number of hydrogen-bond acceptors (Lipinski definition) is 3. The highest BCUT2D eigenvalue weighted by Crippen LogP contribution is 2.57. The Bertz CT molecular complexity index is 382.